The van der Waals surface area contributed by atoms with Gasteiger partial charge in [-0.1, -0.05) is 41.5 Å². The summed E-state index contributed by atoms with van der Waals surface area (Å²) in [5.41, 5.74) is 6.86. The van der Waals surface area contributed by atoms with Gasteiger partial charge in [-0.25, -0.2) is 0 Å². The van der Waals surface area contributed by atoms with Gasteiger partial charge in [0, 0.05) is 0 Å². The van der Waals surface area contributed by atoms with E-state index in [-0.39, 0.29) is 6.61 Å². The highest BCUT2D eigenvalue weighted by Crippen LogP contribution is 2.42. The fourth-order valence-electron chi connectivity index (χ4n) is 2.81. The number of carboxylic acids is 1. The largest absolute Gasteiger partial charge is 0.480 e. The molecule has 0 radical (unpaired) electrons. The highest BCUT2D eigenvalue weighted by Gasteiger charge is 2.45. The van der Waals surface area contributed by atoms with E-state index in [1.54, 1.807) is 0 Å². The summed E-state index contributed by atoms with van der Waals surface area (Å²) in [7, 11) is -1.98. The van der Waals surface area contributed by atoms with E-state index in [1.807, 2.05) is 0 Å². The van der Waals surface area contributed by atoms with Crippen LogP contribution in [0.25, 0.3) is 0 Å². The van der Waals surface area contributed by atoms with Gasteiger partial charge >= 0.3 is 5.97 Å². The van der Waals surface area contributed by atoms with Crippen molar-refractivity contribution < 1.29 is 14.3 Å². The number of rotatable bonds is 7. The molecule has 5 heteroatoms. The fourth-order valence-corrected chi connectivity index (χ4v) is 8.27. The van der Waals surface area contributed by atoms with Gasteiger partial charge in [-0.2, -0.15) is 0 Å². The molecule has 0 heterocycles. The molecule has 0 fully saturated rings. The molecule has 0 aromatic heterocycles. The van der Waals surface area contributed by atoms with Crippen LogP contribution in [0.3, 0.4) is 0 Å². The first-order chi connectivity index (χ1) is 7.66. The standard InChI is InChI=1S/C12H27NO3Si/c1-8(2)17(9(3)4,10(5)6)16-7-11(13)12(14)15/h8-11H,7,13H2,1-6H3,(H,14,15)/t11-/m0/s1. The van der Waals surface area contributed by atoms with E-state index in [2.05, 4.69) is 41.5 Å². The van der Waals surface area contributed by atoms with Crippen molar-refractivity contribution in [3.05, 3.63) is 0 Å². The lowest BCUT2D eigenvalue weighted by Crippen LogP contribution is -2.51. The topological polar surface area (TPSA) is 72.5 Å². The molecule has 102 valence electrons. The van der Waals surface area contributed by atoms with Gasteiger partial charge < -0.3 is 15.3 Å². The van der Waals surface area contributed by atoms with E-state index < -0.39 is 20.3 Å². The second-order valence-corrected chi connectivity index (χ2v) is 11.0. The van der Waals surface area contributed by atoms with Crippen LogP contribution >= 0.6 is 0 Å². The predicted octanol–water partition coefficient (Wildman–Crippen LogP) is 2.59. The van der Waals surface area contributed by atoms with E-state index in [9.17, 15) is 4.79 Å². The average molecular weight is 261 g/mol. The number of carbonyl (C=O) groups is 1. The summed E-state index contributed by atoms with van der Waals surface area (Å²) in [6.07, 6.45) is 0. The third-order valence-electron chi connectivity index (χ3n) is 3.54. The van der Waals surface area contributed by atoms with Crippen LogP contribution in [0.1, 0.15) is 41.5 Å². The molecule has 1 atom stereocenters. The molecule has 0 rings (SSSR count). The quantitative estimate of drug-likeness (QED) is 0.691. The van der Waals surface area contributed by atoms with Gasteiger partial charge in [-0.05, 0) is 16.6 Å². The van der Waals surface area contributed by atoms with Gasteiger partial charge in [-0.3, -0.25) is 4.79 Å². The van der Waals surface area contributed by atoms with Gasteiger partial charge in [0.25, 0.3) is 0 Å². The van der Waals surface area contributed by atoms with Gasteiger partial charge in [-0.15, -0.1) is 0 Å². The smallest absolute Gasteiger partial charge is 0.322 e. The molecular weight excluding hydrogens is 234 g/mol. The Kier molecular flexibility index (Phi) is 6.36. The maximum Gasteiger partial charge on any atom is 0.322 e. The number of hydrogen-bond acceptors (Lipinski definition) is 3. The van der Waals surface area contributed by atoms with E-state index in [4.69, 9.17) is 15.3 Å². The molecule has 0 saturated heterocycles. The minimum atomic E-state index is -1.98. The Hall–Kier alpha value is -0.393. The van der Waals surface area contributed by atoms with Crippen molar-refractivity contribution in [3.63, 3.8) is 0 Å². The summed E-state index contributed by atoms with van der Waals surface area (Å²) < 4.78 is 6.07. The van der Waals surface area contributed by atoms with E-state index in [1.165, 1.54) is 0 Å². The van der Waals surface area contributed by atoms with Crippen molar-refractivity contribution in [2.24, 2.45) is 5.73 Å². The van der Waals surface area contributed by atoms with E-state index in [0.717, 1.165) is 0 Å². The lowest BCUT2D eigenvalue weighted by atomic mass is 10.3. The molecule has 0 saturated carbocycles. The van der Waals surface area contributed by atoms with E-state index >= 15 is 0 Å². The molecule has 4 nitrogen and oxygen atoms in total. The van der Waals surface area contributed by atoms with Crippen LogP contribution in [0, 0.1) is 0 Å². The monoisotopic (exact) mass is 261 g/mol. The van der Waals surface area contributed by atoms with Crippen LogP contribution in [-0.4, -0.2) is 32.0 Å². The molecule has 0 aromatic carbocycles. The minimum Gasteiger partial charge on any atom is -0.480 e. The summed E-state index contributed by atoms with van der Waals surface area (Å²) in [4.78, 5) is 10.7. The third kappa shape index (κ3) is 3.79. The number of nitrogens with two attached hydrogens (primary N) is 1. The van der Waals surface area contributed by atoms with Crippen molar-refractivity contribution in [2.75, 3.05) is 6.61 Å². The van der Waals surface area contributed by atoms with Crippen LogP contribution < -0.4 is 5.73 Å². The molecular formula is C12H27NO3Si. The zero-order chi connectivity index (χ0) is 13.8. The second-order valence-electron chi connectivity index (χ2n) is 5.57. The molecule has 3 N–H and O–H groups in total. The summed E-state index contributed by atoms with van der Waals surface area (Å²) in [6, 6.07) is -0.918. The molecule has 0 aliphatic heterocycles. The normalized spacial score (nSPS) is 14.7. The van der Waals surface area contributed by atoms with Crippen LogP contribution in [0.5, 0.6) is 0 Å². The Morgan fingerprint density at radius 3 is 1.71 bits per heavy atom. The molecule has 0 aromatic rings. The molecule has 0 unspecified atom stereocenters. The van der Waals surface area contributed by atoms with Crippen LogP contribution in [0.15, 0.2) is 0 Å². The lowest BCUT2D eigenvalue weighted by Gasteiger charge is -2.42. The zero-order valence-corrected chi connectivity index (χ0v) is 12.9. The predicted molar refractivity (Wildman–Crippen MR) is 72.6 cm³/mol. The fraction of sp³-hybridized carbons (Fsp3) is 0.917. The van der Waals surface area contributed by atoms with Gasteiger partial charge in [0.15, 0.2) is 8.32 Å². The first-order valence-electron chi connectivity index (χ1n) is 6.28. The maximum atomic E-state index is 10.7. The lowest BCUT2D eigenvalue weighted by molar-refractivity contribution is -0.139. The van der Waals surface area contributed by atoms with Gasteiger partial charge in [0.1, 0.15) is 6.04 Å². The number of carboxylic acid groups (broad SMARTS) is 1. The van der Waals surface area contributed by atoms with Gasteiger partial charge in [0.2, 0.25) is 0 Å². The van der Waals surface area contributed by atoms with Crippen LogP contribution in [0.4, 0.5) is 0 Å². The highest BCUT2D eigenvalue weighted by atomic mass is 28.4. The summed E-state index contributed by atoms with van der Waals surface area (Å²) in [6.45, 7) is 13.1. The van der Waals surface area contributed by atoms with Crippen molar-refractivity contribution >= 4 is 14.3 Å². The molecule has 0 spiro atoms. The minimum absolute atomic E-state index is 0.121. The van der Waals surface area contributed by atoms with Crippen LogP contribution in [0.2, 0.25) is 16.6 Å². The Balaban J connectivity index is 4.88. The Bertz CT molecular complexity index is 232. The van der Waals surface area contributed by atoms with Crippen molar-refractivity contribution in [1.29, 1.82) is 0 Å². The average Bonchev–Trinajstić information content (AvgIpc) is 2.16. The van der Waals surface area contributed by atoms with Crippen molar-refractivity contribution in [1.82, 2.24) is 0 Å². The summed E-state index contributed by atoms with van der Waals surface area (Å²) >= 11 is 0. The molecule has 17 heavy (non-hydrogen) atoms. The molecule has 0 bridgehead atoms. The number of hydrogen-bond donors (Lipinski definition) is 2. The SMILES string of the molecule is CC(C)[Si](OC[C@H](N)C(=O)O)(C(C)C)C(C)C. The molecule has 0 amide bonds. The third-order valence-corrected chi connectivity index (χ3v) is 9.62. The maximum absolute atomic E-state index is 10.7. The Morgan fingerprint density at radius 2 is 1.47 bits per heavy atom. The van der Waals surface area contributed by atoms with Crippen LogP contribution in [-0.2, 0) is 9.22 Å². The van der Waals surface area contributed by atoms with Crippen molar-refractivity contribution in [3.8, 4) is 0 Å². The Morgan fingerprint density at radius 1 is 1.12 bits per heavy atom. The first-order valence-corrected chi connectivity index (χ1v) is 8.42. The summed E-state index contributed by atoms with van der Waals surface area (Å²) in [5, 5.41) is 8.81. The van der Waals surface area contributed by atoms with E-state index in [0.29, 0.717) is 16.6 Å². The number of aliphatic carboxylic acids is 1. The van der Waals surface area contributed by atoms with Crippen molar-refractivity contribution in [2.45, 2.75) is 64.2 Å². The zero-order valence-electron chi connectivity index (χ0n) is 11.9. The Labute approximate surface area is 106 Å². The summed E-state index contributed by atoms with van der Waals surface area (Å²) in [5.74, 6) is -0.996. The van der Waals surface area contributed by atoms with Gasteiger partial charge in [0.05, 0.1) is 6.61 Å². The second kappa shape index (κ2) is 6.52. The highest BCUT2D eigenvalue weighted by molar-refractivity contribution is 6.77. The molecule has 0 aliphatic rings. The molecule has 0 aliphatic carbocycles. The first kappa shape index (κ1) is 16.6.